The highest BCUT2D eigenvalue weighted by atomic mass is 28.5. The Kier molecular flexibility index (Phi) is 20.4. The molecular formula is C36H80N2O7Si5+2. The predicted molar refractivity (Wildman–Crippen MR) is 224 cm³/mol. The van der Waals surface area contributed by atoms with E-state index in [4.69, 9.17) is 21.8 Å². The number of unbranched alkanes of at least 4 members (excludes halogenated alkanes) is 2. The van der Waals surface area contributed by atoms with Gasteiger partial charge in [-0.3, -0.25) is 0 Å². The first kappa shape index (κ1) is 49.3. The third-order valence-electron chi connectivity index (χ3n) is 9.07. The van der Waals surface area contributed by atoms with E-state index in [9.17, 15) is 9.59 Å². The van der Waals surface area contributed by atoms with E-state index in [1.807, 2.05) is 0 Å². The van der Waals surface area contributed by atoms with Gasteiger partial charge < -0.3 is 30.8 Å². The maximum atomic E-state index is 11.7. The van der Waals surface area contributed by atoms with Gasteiger partial charge in [-0.05, 0) is 129 Å². The van der Waals surface area contributed by atoms with Crippen molar-refractivity contribution in [1.29, 1.82) is 0 Å². The van der Waals surface area contributed by atoms with E-state index in [2.05, 4.69) is 107 Å². The van der Waals surface area contributed by atoms with Crippen LogP contribution in [-0.4, -0.2) is 130 Å². The first-order valence-electron chi connectivity index (χ1n) is 18.8. The van der Waals surface area contributed by atoms with Crippen LogP contribution in [0.25, 0.3) is 0 Å². The Morgan fingerprint density at radius 3 is 1.12 bits per heavy atom. The largest absolute Gasteiger partial charge is 0.456 e. The SMILES string of the molecule is C=C(C)C(=O)OCC[N+](C)(C)CCCC[Si](C)(C)O[Si](C)(C)CC[Si](C)(C)O[Si](C)(C)O[Si](C)(C)CCCC[N+](C)(C)CCOC(=O)C(=C)C. The number of quaternary nitrogens is 2. The van der Waals surface area contributed by atoms with E-state index in [1.54, 1.807) is 13.8 Å². The van der Waals surface area contributed by atoms with Crippen molar-refractivity contribution in [3.8, 4) is 0 Å². The Morgan fingerprint density at radius 2 is 0.780 bits per heavy atom. The van der Waals surface area contributed by atoms with Crippen LogP contribution in [0.5, 0.6) is 0 Å². The maximum absolute atomic E-state index is 11.7. The first-order valence-corrected chi connectivity index (χ1v) is 34.1. The van der Waals surface area contributed by atoms with E-state index >= 15 is 0 Å². The zero-order chi connectivity index (χ0) is 39.2. The molecule has 0 heterocycles. The summed E-state index contributed by atoms with van der Waals surface area (Å²) in [7, 11) is -0.964. The molecule has 14 heteroatoms. The second kappa shape index (κ2) is 20.7. The van der Waals surface area contributed by atoms with Gasteiger partial charge in [0, 0.05) is 11.1 Å². The number of ether oxygens (including phenoxy) is 2. The quantitative estimate of drug-likeness (QED) is 0.0272. The van der Waals surface area contributed by atoms with Gasteiger partial charge in [0.2, 0.25) is 0 Å². The van der Waals surface area contributed by atoms with Gasteiger partial charge in [0.1, 0.15) is 26.3 Å². The van der Waals surface area contributed by atoms with Gasteiger partial charge in [-0.1, -0.05) is 13.2 Å². The highest BCUT2D eigenvalue weighted by molar-refractivity contribution is 6.89. The van der Waals surface area contributed by atoms with Gasteiger partial charge in [-0.15, -0.1) is 0 Å². The number of hydrogen-bond acceptors (Lipinski definition) is 7. The fourth-order valence-electron chi connectivity index (χ4n) is 6.33. The summed E-state index contributed by atoms with van der Waals surface area (Å²) >= 11 is 0. The minimum Gasteiger partial charge on any atom is -0.456 e. The average Bonchev–Trinajstić information content (AvgIpc) is 2.90. The number of likely N-dealkylation sites (N-methyl/N-ethyl adjacent to an activating group) is 2. The topological polar surface area (TPSA) is 80.3 Å². The third kappa shape index (κ3) is 24.5. The number of nitrogens with zero attached hydrogens (tertiary/aromatic N) is 2. The molecule has 0 N–H and O–H groups in total. The molecule has 0 aliphatic carbocycles. The third-order valence-corrected chi connectivity index (χ3v) is 28.4. The molecule has 0 aliphatic heterocycles. The van der Waals surface area contributed by atoms with E-state index < -0.39 is 41.8 Å². The Labute approximate surface area is 314 Å². The summed E-state index contributed by atoms with van der Waals surface area (Å²) < 4.78 is 33.2. The average molecular weight is 793 g/mol. The van der Waals surface area contributed by atoms with Crippen LogP contribution in [0.3, 0.4) is 0 Å². The standard InChI is InChI=1S/C36H80N2O7Si5/c1-33(2)35(39)41-27-25-37(5,6)23-19-21-29-46(9,10)43-48(13,14)31-32-49(15,16)45-50(17,18)44-47(11,12)30-22-20-24-38(7,8)26-28-42-36(40)34(3)4/h1,3,19-32H2,2,4-18H3/q+2. The molecule has 0 bridgehead atoms. The second-order valence-electron chi connectivity index (χ2n) is 18.8. The van der Waals surface area contributed by atoms with Crippen molar-refractivity contribution in [3.63, 3.8) is 0 Å². The van der Waals surface area contributed by atoms with Crippen molar-refractivity contribution >= 4 is 53.8 Å². The minimum absolute atomic E-state index is 0.305. The van der Waals surface area contributed by atoms with E-state index in [1.165, 1.54) is 12.5 Å². The molecule has 0 aromatic rings. The summed E-state index contributed by atoms with van der Waals surface area (Å²) in [6.07, 6.45) is 4.57. The monoisotopic (exact) mass is 792 g/mol. The molecule has 0 aromatic heterocycles. The molecule has 0 saturated heterocycles. The van der Waals surface area contributed by atoms with Gasteiger partial charge in [0.05, 0.1) is 41.3 Å². The highest BCUT2D eigenvalue weighted by Gasteiger charge is 2.41. The smallest absolute Gasteiger partial charge is 0.333 e. The van der Waals surface area contributed by atoms with Crippen LogP contribution in [0.15, 0.2) is 24.3 Å². The van der Waals surface area contributed by atoms with Crippen molar-refractivity contribution in [2.75, 3.05) is 67.6 Å². The summed E-state index contributed by atoms with van der Waals surface area (Å²) in [5.74, 6) is -0.614. The summed E-state index contributed by atoms with van der Waals surface area (Å²) in [5.41, 5.74) is 0.896. The molecular weight excluding hydrogens is 713 g/mol. The Hall–Kier alpha value is -0.696. The lowest BCUT2D eigenvalue weighted by atomic mass is 10.3. The lowest BCUT2D eigenvalue weighted by molar-refractivity contribution is -0.890. The number of esters is 2. The van der Waals surface area contributed by atoms with Crippen molar-refractivity contribution < 1.29 is 40.4 Å². The molecule has 0 saturated carbocycles. The zero-order valence-corrected chi connectivity index (χ0v) is 40.6. The molecule has 0 radical (unpaired) electrons. The van der Waals surface area contributed by atoms with Gasteiger partial charge in [0.25, 0.3) is 0 Å². The van der Waals surface area contributed by atoms with Crippen molar-refractivity contribution in [2.45, 2.75) is 129 Å². The van der Waals surface area contributed by atoms with Gasteiger partial charge in [-0.2, -0.15) is 0 Å². The fourth-order valence-corrected chi connectivity index (χ4v) is 32.2. The zero-order valence-electron chi connectivity index (χ0n) is 35.6. The number of carbonyl (C=O) groups excluding carboxylic acids is 2. The van der Waals surface area contributed by atoms with Gasteiger partial charge in [-0.25, -0.2) is 9.59 Å². The van der Waals surface area contributed by atoms with Crippen LogP contribution in [0.4, 0.5) is 0 Å². The molecule has 0 rings (SSSR count). The predicted octanol–water partition coefficient (Wildman–Crippen LogP) is 8.51. The lowest BCUT2D eigenvalue weighted by Crippen LogP contribution is -2.53. The molecule has 0 unspecified atom stereocenters. The Bertz CT molecular complexity index is 1110. The van der Waals surface area contributed by atoms with Crippen LogP contribution in [0, 0.1) is 0 Å². The fraction of sp³-hybridized carbons (Fsp3) is 0.833. The van der Waals surface area contributed by atoms with E-state index in [-0.39, 0.29) is 11.9 Å². The molecule has 0 aromatic carbocycles. The van der Waals surface area contributed by atoms with E-state index in [0.717, 1.165) is 72.5 Å². The van der Waals surface area contributed by atoms with Gasteiger partial charge >= 0.3 is 20.5 Å². The highest BCUT2D eigenvalue weighted by Crippen LogP contribution is 2.31. The minimum atomic E-state index is -2.29. The van der Waals surface area contributed by atoms with Crippen molar-refractivity contribution in [2.24, 2.45) is 0 Å². The summed E-state index contributed by atoms with van der Waals surface area (Å²) in [5, 5.41) is 0. The van der Waals surface area contributed by atoms with E-state index in [0.29, 0.717) is 24.4 Å². The molecule has 294 valence electrons. The van der Waals surface area contributed by atoms with Crippen LogP contribution in [0.1, 0.15) is 39.5 Å². The summed E-state index contributed by atoms with van der Waals surface area (Å²) in [6, 6.07) is 4.52. The van der Waals surface area contributed by atoms with Crippen molar-refractivity contribution in [1.82, 2.24) is 0 Å². The molecule has 0 atom stereocenters. The number of rotatable bonds is 27. The molecule has 50 heavy (non-hydrogen) atoms. The molecule has 9 nitrogen and oxygen atoms in total. The van der Waals surface area contributed by atoms with Crippen LogP contribution in [-0.2, 0) is 31.4 Å². The first-order chi connectivity index (χ1) is 22.4. The van der Waals surface area contributed by atoms with Crippen LogP contribution < -0.4 is 0 Å². The summed E-state index contributed by atoms with van der Waals surface area (Å²) in [4.78, 5) is 23.4. The summed E-state index contributed by atoms with van der Waals surface area (Å²) in [6.45, 7) is 38.7. The number of hydrogen-bond donors (Lipinski definition) is 0. The molecule has 0 fully saturated rings. The Balaban J connectivity index is 4.72. The molecule has 0 spiro atoms. The second-order valence-corrected chi connectivity index (χ2v) is 40.1. The Morgan fingerprint density at radius 1 is 0.480 bits per heavy atom. The van der Waals surface area contributed by atoms with Crippen LogP contribution in [0.2, 0.25) is 89.6 Å². The van der Waals surface area contributed by atoms with Crippen LogP contribution >= 0.6 is 0 Å². The lowest BCUT2D eigenvalue weighted by Gasteiger charge is -2.40. The van der Waals surface area contributed by atoms with Gasteiger partial charge in [0.15, 0.2) is 33.3 Å². The molecule has 0 amide bonds. The van der Waals surface area contributed by atoms with Crippen molar-refractivity contribution in [3.05, 3.63) is 24.3 Å². The molecule has 0 aliphatic rings. The maximum Gasteiger partial charge on any atom is 0.333 e. The normalized spacial score (nSPS) is 13.7. The number of carbonyl (C=O) groups is 2.